The predicted molar refractivity (Wildman–Crippen MR) is 99.4 cm³/mol. The maximum atomic E-state index is 12.1. The summed E-state index contributed by atoms with van der Waals surface area (Å²) in [5.74, 6) is 2.28. The minimum absolute atomic E-state index is 0.0571. The van der Waals surface area contributed by atoms with E-state index in [1.807, 2.05) is 18.2 Å². The number of piperazine rings is 1. The molecule has 0 atom stereocenters. The third-order valence-electron chi connectivity index (χ3n) is 4.76. The molecule has 0 unspecified atom stereocenters. The first kappa shape index (κ1) is 17.5. The Morgan fingerprint density at radius 1 is 1.19 bits per heavy atom. The summed E-state index contributed by atoms with van der Waals surface area (Å²) >= 11 is 0. The first-order valence-electron chi connectivity index (χ1n) is 9.13. The Kier molecular flexibility index (Phi) is 5.01. The lowest BCUT2D eigenvalue weighted by Crippen LogP contribution is -2.45. The molecule has 1 saturated heterocycles. The number of nitrogens with zero attached hydrogens (tertiary/aromatic N) is 6. The molecule has 0 radical (unpaired) electrons. The van der Waals surface area contributed by atoms with E-state index in [-0.39, 0.29) is 5.91 Å². The second-order valence-electron chi connectivity index (χ2n) is 6.72. The van der Waals surface area contributed by atoms with E-state index in [1.54, 1.807) is 16.8 Å². The predicted octanol–water partition coefficient (Wildman–Crippen LogP) is 0.718. The van der Waals surface area contributed by atoms with Crippen molar-refractivity contribution in [2.45, 2.75) is 19.4 Å². The Labute approximate surface area is 157 Å². The first-order chi connectivity index (χ1) is 13.2. The van der Waals surface area contributed by atoms with E-state index in [1.165, 1.54) is 0 Å². The van der Waals surface area contributed by atoms with Crippen molar-refractivity contribution in [3.63, 3.8) is 0 Å². The van der Waals surface area contributed by atoms with Gasteiger partial charge in [-0.15, -0.1) is 15.3 Å². The number of aromatic nitrogens is 4. The molecule has 1 N–H and O–H groups in total. The average molecular weight is 369 g/mol. The van der Waals surface area contributed by atoms with E-state index in [0.717, 1.165) is 37.8 Å². The summed E-state index contributed by atoms with van der Waals surface area (Å²) in [4.78, 5) is 16.6. The average Bonchev–Trinajstić information content (AvgIpc) is 3.34. The van der Waals surface area contributed by atoms with Crippen LogP contribution in [-0.4, -0.2) is 63.8 Å². The molecule has 9 heteroatoms. The van der Waals surface area contributed by atoms with Gasteiger partial charge in [0.1, 0.15) is 11.6 Å². The summed E-state index contributed by atoms with van der Waals surface area (Å²) in [6.45, 7) is 4.32. The van der Waals surface area contributed by atoms with Crippen LogP contribution in [0.3, 0.4) is 0 Å². The molecule has 3 aromatic heterocycles. The SMILES string of the molecule is CN1CCN(c2ccc3nnc(CCC(=O)NCc4ccco4)n3n2)CC1. The van der Waals surface area contributed by atoms with Gasteiger partial charge in [-0.25, -0.2) is 0 Å². The number of anilines is 1. The summed E-state index contributed by atoms with van der Waals surface area (Å²) in [5.41, 5.74) is 0.693. The number of carbonyl (C=O) groups is 1. The van der Waals surface area contributed by atoms with Crippen molar-refractivity contribution >= 4 is 17.4 Å². The number of aryl methyl sites for hydroxylation is 1. The largest absolute Gasteiger partial charge is 0.467 e. The number of amides is 1. The van der Waals surface area contributed by atoms with E-state index in [9.17, 15) is 4.79 Å². The zero-order chi connectivity index (χ0) is 18.6. The lowest BCUT2D eigenvalue weighted by atomic mass is 10.3. The molecule has 1 amide bonds. The number of rotatable bonds is 6. The molecule has 0 saturated carbocycles. The Balaban J connectivity index is 1.39. The van der Waals surface area contributed by atoms with Crippen LogP contribution in [-0.2, 0) is 17.8 Å². The van der Waals surface area contributed by atoms with E-state index < -0.39 is 0 Å². The zero-order valence-corrected chi connectivity index (χ0v) is 15.3. The highest BCUT2D eigenvalue weighted by Gasteiger charge is 2.17. The maximum absolute atomic E-state index is 12.1. The number of nitrogens with one attached hydrogen (secondary N) is 1. The van der Waals surface area contributed by atoms with Gasteiger partial charge >= 0.3 is 0 Å². The van der Waals surface area contributed by atoms with Gasteiger partial charge in [0.05, 0.1) is 12.8 Å². The topological polar surface area (TPSA) is 91.8 Å². The molecular formula is C18H23N7O2. The Bertz CT molecular complexity index is 898. The molecular weight excluding hydrogens is 346 g/mol. The summed E-state index contributed by atoms with van der Waals surface area (Å²) < 4.78 is 6.95. The lowest BCUT2D eigenvalue weighted by Gasteiger charge is -2.33. The number of furan rings is 1. The van der Waals surface area contributed by atoms with Crippen LogP contribution in [0.25, 0.3) is 5.65 Å². The Morgan fingerprint density at radius 3 is 2.81 bits per heavy atom. The highest BCUT2D eigenvalue weighted by Crippen LogP contribution is 2.15. The van der Waals surface area contributed by atoms with Gasteiger partial charge < -0.3 is 19.5 Å². The van der Waals surface area contributed by atoms with Crippen LogP contribution in [0.15, 0.2) is 34.9 Å². The molecule has 0 bridgehead atoms. The van der Waals surface area contributed by atoms with Gasteiger partial charge in [0.2, 0.25) is 5.91 Å². The molecule has 9 nitrogen and oxygen atoms in total. The minimum atomic E-state index is -0.0571. The van der Waals surface area contributed by atoms with Crippen molar-refractivity contribution in [2.24, 2.45) is 0 Å². The molecule has 1 aliphatic heterocycles. The Morgan fingerprint density at radius 2 is 2.04 bits per heavy atom. The molecule has 27 heavy (non-hydrogen) atoms. The molecule has 0 aliphatic carbocycles. The van der Waals surface area contributed by atoms with Gasteiger partial charge in [0, 0.05) is 39.0 Å². The van der Waals surface area contributed by atoms with E-state index in [0.29, 0.717) is 30.9 Å². The van der Waals surface area contributed by atoms with Gasteiger partial charge in [-0.05, 0) is 31.3 Å². The van der Waals surface area contributed by atoms with Crippen molar-refractivity contribution in [3.05, 3.63) is 42.1 Å². The normalized spacial score (nSPS) is 15.4. The number of carbonyl (C=O) groups excluding carboxylic acids is 1. The van der Waals surface area contributed by atoms with Crippen LogP contribution in [0.2, 0.25) is 0 Å². The number of fused-ring (bicyclic) bond motifs is 1. The van der Waals surface area contributed by atoms with Crippen molar-refractivity contribution in [1.29, 1.82) is 0 Å². The third-order valence-corrected chi connectivity index (χ3v) is 4.76. The van der Waals surface area contributed by atoms with Crippen LogP contribution in [0.5, 0.6) is 0 Å². The van der Waals surface area contributed by atoms with Crippen molar-refractivity contribution in [3.8, 4) is 0 Å². The summed E-state index contributed by atoms with van der Waals surface area (Å²) in [6, 6.07) is 7.53. The van der Waals surface area contributed by atoms with Gasteiger partial charge in [-0.3, -0.25) is 4.79 Å². The lowest BCUT2D eigenvalue weighted by molar-refractivity contribution is -0.121. The van der Waals surface area contributed by atoms with Crippen LogP contribution in [0, 0.1) is 0 Å². The summed E-state index contributed by atoms with van der Waals surface area (Å²) in [7, 11) is 2.13. The van der Waals surface area contributed by atoms with Gasteiger partial charge in [-0.2, -0.15) is 4.52 Å². The quantitative estimate of drug-likeness (QED) is 0.684. The van der Waals surface area contributed by atoms with E-state index >= 15 is 0 Å². The van der Waals surface area contributed by atoms with Crippen molar-refractivity contribution in [2.75, 3.05) is 38.1 Å². The molecule has 0 aromatic carbocycles. The summed E-state index contributed by atoms with van der Waals surface area (Å²) in [5, 5.41) is 15.9. The molecule has 3 aromatic rings. The minimum Gasteiger partial charge on any atom is -0.467 e. The fourth-order valence-corrected chi connectivity index (χ4v) is 3.10. The molecule has 1 aliphatic rings. The Hall–Kier alpha value is -2.94. The standard InChI is InChI=1S/C18H23N7O2/c1-23-8-10-24(11-9-23)17-5-4-15-20-21-16(25(15)22-17)6-7-18(26)19-13-14-3-2-12-27-14/h2-5,12H,6-11,13H2,1H3,(H,19,26). The smallest absolute Gasteiger partial charge is 0.220 e. The molecule has 1 fully saturated rings. The third kappa shape index (κ3) is 4.08. The van der Waals surface area contributed by atoms with Gasteiger partial charge in [0.25, 0.3) is 0 Å². The van der Waals surface area contributed by atoms with E-state index in [2.05, 4.69) is 32.4 Å². The van der Waals surface area contributed by atoms with E-state index in [4.69, 9.17) is 9.52 Å². The first-order valence-corrected chi connectivity index (χ1v) is 9.13. The van der Waals surface area contributed by atoms with Crippen LogP contribution >= 0.6 is 0 Å². The highest BCUT2D eigenvalue weighted by atomic mass is 16.3. The van der Waals surface area contributed by atoms with Crippen LogP contribution in [0.1, 0.15) is 18.0 Å². The number of hydrogen-bond donors (Lipinski definition) is 1. The number of likely N-dealkylation sites (N-methyl/N-ethyl adjacent to an activating group) is 1. The monoisotopic (exact) mass is 369 g/mol. The highest BCUT2D eigenvalue weighted by molar-refractivity contribution is 5.76. The second-order valence-corrected chi connectivity index (χ2v) is 6.72. The second kappa shape index (κ2) is 7.75. The summed E-state index contributed by atoms with van der Waals surface area (Å²) in [6.07, 6.45) is 2.39. The van der Waals surface area contributed by atoms with Crippen molar-refractivity contribution in [1.82, 2.24) is 30.0 Å². The van der Waals surface area contributed by atoms with Gasteiger partial charge in [0.15, 0.2) is 11.5 Å². The van der Waals surface area contributed by atoms with Crippen molar-refractivity contribution < 1.29 is 9.21 Å². The fraction of sp³-hybridized carbons (Fsp3) is 0.444. The van der Waals surface area contributed by atoms with Gasteiger partial charge in [-0.1, -0.05) is 0 Å². The fourth-order valence-electron chi connectivity index (χ4n) is 3.10. The number of hydrogen-bond acceptors (Lipinski definition) is 7. The van der Waals surface area contributed by atoms with Crippen LogP contribution in [0.4, 0.5) is 5.82 Å². The molecule has 0 spiro atoms. The maximum Gasteiger partial charge on any atom is 0.220 e. The molecule has 4 heterocycles. The van der Waals surface area contributed by atoms with Crippen LogP contribution < -0.4 is 10.2 Å². The zero-order valence-electron chi connectivity index (χ0n) is 15.3. The molecule has 4 rings (SSSR count). The molecule has 142 valence electrons.